The monoisotopic (exact) mass is 170 g/mol. The smallest absolute Gasteiger partial charge is 0.219 e. The standard InChI is InChI=1S/C9H16NO2/c1-3-12-9-4-6-10(7-5-9)8(2)11/h9H,1,3-7H2,2H3. The average molecular weight is 170 g/mol. The molecule has 0 atom stereocenters. The van der Waals surface area contributed by atoms with E-state index < -0.39 is 0 Å². The SMILES string of the molecule is [CH2]COC1CCN(C(C)=O)CC1. The Morgan fingerprint density at radius 1 is 1.58 bits per heavy atom. The predicted octanol–water partition coefficient (Wildman–Crippen LogP) is 0.848. The van der Waals surface area contributed by atoms with Crippen LogP contribution in [0.1, 0.15) is 19.8 Å². The zero-order chi connectivity index (χ0) is 8.97. The van der Waals surface area contributed by atoms with E-state index >= 15 is 0 Å². The van der Waals surface area contributed by atoms with E-state index in [1.165, 1.54) is 0 Å². The van der Waals surface area contributed by atoms with Gasteiger partial charge in [-0.2, -0.15) is 0 Å². The molecule has 3 heteroatoms. The van der Waals surface area contributed by atoms with E-state index in [-0.39, 0.29) is 5.91 Å². The first-order chi connectivity index (χ1) is 5.74. The van der Waals surface area contributed by atoms with E-state index in [4.69, 9.17) is 4.74 Å². The maximum absolute atomic E-state index is 10.9. The number of rotatable bonds is 2. The summed E-state index contributed by atoms with van der Waals surface area (Å²) in [5.41, 5.74) is 0. The molecule has 0 bridgehead atoms. The van der Waals surface area contributed by atoms with Crippen LogP contribution in [0.5, 0.6) is 0 Å². The van der Waals surface area contributed by atoms with Crippen molar-refractivity contribution in [2.45, 2.75) is 25.9 Å². The van der Waals surface area contributed by atoms with Crippen LogP contribution in [0.2, 0.25) is 0 Å². The minimum atomic E-state index is 0.170. The molecule has 0 aromatic rings. The predicted molar refractivity (Wildman–Crippen MR) is 46.6 cm³/mol. The van der Waals surface area contributed by atoms with Crippen molar-refractivity contribution in [3.63, 3.8) is 0 Å². The van der Waals surface area contributed by atoms with Gasteiger partial charge < -0.3 is 9.64 Å². The minimum absolute atomic E-state index is 0.170. The molecule has 0 aliphatic carbocycles. The van der Waals surface area contributed by atoms with Gasteiger partial charge in [0, 0.05) is 26.6 Å². The molecule has 1 fully saturated rings. The first-order valence-electron chi connectivity index (χ1n) is 4.40. The molecule has 1 radical (unpaired) electrons. The van der Waals surface area contributed by atoms with E-state index in [2.05, 4.69) is 6.92 Å². The van der Waals surface area contributed by atoms with Crippen LogP contribution in [0.4, 0.5) is 0 Å². The average Bonchev–Trinajstić information content (AvgIpc) is 2.06. The number of carbonyl (C=O) groups is 1. The first-order valence-corrected chi connectivity index (χ1v) is 4.40. The fourth-order valence-corrected chi connectivity index (χ4v) is 1.50. The molecule has 0 aromatic heterocycles. The second-order valence-corrected chi connectivity index (χ2v) is 3.08. The van der Waals surface area contributed by atoms with Gasteiger partial charge in [-0.25, -0.2) is 0 Å². The number of ether oxygens (including phenoxy) is 1. The van der Waals surface area contributed by atoms with Crippen molar-refractivity contribution in [3.8, 4) is 0 Å². The van der Waals surface area contributed by atoms with Gasteiger partial charge in [0.15, 0.2) is 0 Å². The summed E-state index contributed by atoms with van der Waals surface area (Å²) in [6.07, 6.45) is 2.22. The van der Waals surface area contributed by atoms with Gasteiger partial charge in [0.25, 0.3) is 0 Å². The molecule has 1 rings (SSSR count). The van der Waals surface area contributed by atoms with E-state index in [1.807, 2.05) is 4.90 Å². The van der Waals surface area contributed by atoms with Gasteiger partial charge in [-0.1, -0.05) is 0 Å². The number of piperidine rings is 1. The van der Waals surface area contributed by atoms with Crippen molar-refractivity contribution in [3.05, 3.63) is 6.92 Å². The number of amides is 1. The summed E-state index contributed by atoms with van der Waals surface area (Å²) in [6.45, 7) is 7.44. The van der Waals surface area contributed by atoms with Gasteiger partial charge in [-0.05, 0) is 19.8 Å². The van der Waals surface area contributed by atoms with E-state index in [1.54, 1.807) is 6.92 Å². The molecule has 12 heavy (non-hydrogen) atoms. The lowest BCUT2D eigenvalue weighted by atomic mass is 10.1. The zero-order valence-electron chi connectivity index (χ0n) is 7.58. The largest absolute Gasteiger partial charge is 0.378 e. The molecule has 1 aliphatic heterocycles. The topological polar surface area (TPSA) is 29.5 Å². The molecule has 0 N–H and O–H groups in total. The molecule has 69 valence electrons. The summed E-state index contributed by atoms with van der Waals surface area (Å²) in [5, 5.41) is 0. The lowest BCUT2D eigenvalue weighted by Gasteiger charge is -2.30. The Kier molecular flexibility index (Phi) is 3.53. The maximum atomic E-state index is 10.9. The molecular formula is C9H16NO2. The maximum Gasteiger partial charge on any atom is 0.219 e. The Morgan fingerprint density at radius 3 is 2.58 bits per heavy atom. The molecule has 1 saturated heterocycles. The van der Waals surface area contributed by atoms with Crippen molar-refractivity contribution in [2.24, 2.45) is 0 Å². The van der Waals surface area contributed by atoms with Gasteiger partial charge in [0.2, 0.25) is 5.91 Å². The van der Waals surface area contributed by atoms with Gasteiger partial charge in [0.1, 0.15) is 0 Å². The molecule has 0 unspecified atom stereocenters. The molecule has 3 nitrogen and oxygen atoms in total. The summed E-state index contributed by atoms with van der Waals surface area (Å²) < 4.78 is 5.36. The van der Waals surface area contributed by atoms with Crippen LogP contribution in [-0.2, 0) is 9.53 Å². The number of nitrogens with zero attached hydrogens (tertiary/aromatic N) is 1. The molecule has 0 saturated carbocycles. The van der Waals surface area contributed by atoms with Gasteiger partial charge in [-0.15, -0.1) is 0 Å². The van der Waals surface area contributed by atoms with Crippen molar-refractivity contribution in [2.75, 3.05) is 19.7 Å². The van der Waals surface area contributed by atoms with E-state index in [0.717, 1.165) is 25.9 Å². The zero-order valence-corrected chi connectivity index (χ0v) is 7.58. The summed E-state index contributed by atoms with van der Waals surface area (Å²) in [5.74, 6) is 0.170. The molecule has 1 aliphatic rings. The highest BCUT2D eigenvalue weighted by Gasteiger charge is 2.20. The number of likely N-dealkylation sites (tertiary alicyclic amines) is 1. The molecule has 1 heterocycles. The first kappa shape index (κ1) is 9.52. The van der Waals surface area contributed by atoms with Crippen LogP contribution in [-0.4, -0.2) is 36.6 Å². The van der Waals surface area contributed by atoms with Gasteiger partial charge in [-0.3, -0.25) is 4.79 Å². The lowest BCUT2D eigenvalue weighted by molar-refractivity contribution is -0.131. The van der Waals surface area contributed by atoms with Crippen molar-refractivity contribution >= 4 is 5.91 Å². The Bertz CT molecular complexity index is 151. The molecular weight excluding hydrogens is 154 g/mol. The Hall–Kier alpha value is -0.570. The van der Waals surface area contributed by atoms with Gasteiger partial charge in [0.05, 0.1) is 6.10 Å². The second kappa shape index (κ2) is 4.45. The Labute approximate surface area is 73.7 Å². The molecule has 0 aromatic carbocycles. The molecule has 0 spiro atoms. The second-order valence-electron chi connectivity index (χ2n) is 3.08. The number of carbonyl (C=O) groups excluding carboxylic acids is 1. The summed E-state index contributed by atoms with van der Waals surface area (Å²) in [6, 6.07) is 0. The highest BCUT2D eigenvalue weighted by Crippen LogP contribution is 2.13. The van der Waals surface area contributed by atoms with E-state index in [0.29, 0.717) is 12.7 Å². The normalized spacial score (nSPS) is 19.7. The Morgan fingerprint density at radius 2 is 2.17 bits per heavy atom. The third-order valence-corrected chi connectivity index (χ3v) is 2.24. The van der Waals surface area contributed by atoms with Crippen LogP contribution in [0, 0.1) is 6.92 Å². The quantitative estimate of drug-likeness (QED) is 0.615. The summed E-state index contributed by atoms with van der Waals surface area (Å²) in [7, 11) is 0. The Balaban J connectivity index is 2.25. The van der Waals surface area contributed by atoms with Crippen LogP contribution in [0.15, 0.2) is 0 Å². The number of hydrogen-bond donors (Lipinski definition) is 0. The van der Waals surface area contributed by atoms with Gasteiger partial charge >= 0.3 is 0 Å². The van der Waals surface area contributed by atoms with Crippen LogP contribution in [0.25, 0.3) is 0 Å². The van der Waals surface area contributed by atoms with Crippen molar-refractivity contribution in [1.29, 1.82) is 0 Å². The lowest BCUT2D eigenvalue weighted by Crippen LogP contribution is -2.39. The summed E-state index contributed by atoms with van der Waals surface area (Å²) >= 11 is 0. The highest BCUT2D eigenvalue weighted by molar-refractivity contribution is 5.73. The third kappa shape index (κ3) is 2.48. The fraction of sp³-hybridized carbons (Fsp3) is 0.778. The van der Waals surface area contributed by atoms with Crippen molar-refractivity contribution in [1.82, 2.24) is 4.90 Å². The van der Waals surface area contributed by atoms with E-state index in [9.17, 15) is 4.79 Å². The van der Waals surface area contributed by atoms with Crippen LogP contribution >= 0.6 is 0 Å². The third-order valence-electron chi connectivity index (χ3n) is 2.24. The molecule has 1 amide bonds. The minimum Gasteiger partial charge on any atom is -0.378 e. The number of hydrogen-bond acceptors (Lipinski definition) is 2. The fourth-order valence-electron chi connectivity index (χ4n) is 1.50. The van der Waals surface area contributed by atoms with Crippen LogP contribution in [0.3, 0.4) is 0 Å². The highest BCUT2D eigenvalue weighted by atomic mass is 16.5. The van der Waals surface area contributed by atoms with Crippen molar-refractivity contribution < 1.29 is 9.53 Å². The summed E-state index contributed by atoms with van der Waals surface area (Å²) in [4.78, 5) is 12.8. The van der Waals surface area contributed by atoms with Crippen LogP contribution < -0.4 is 0 Å².